The molecule has 1 aromatic heterocycles. The van der Waals surface area contributed by atoms with E-state index in [4.69, 9.17) is 10.8 Å². The van der Waals surface area contributed by atoms with Crippen molar-refractivity contribution in [2.45, 2.75) is 36.2 Å². The molecule has 0 spiro atoms. The highest BCUT2D eigenvalue weighted by molar-refractivity contribution is 7.85. The molecule has 0 saturated heterocycles. The van der Waals surface area contributed by atoms with Crippen LogP contribution in [0.5, 0.6) is 0 Å². The third-order valence-corrected chi connectivity index (χ3v) is 5.24. The van der Waals surface area contributed by atoms with Gasteiger partial charge in [-0.1, -0.05) is 12.1 Å². The van der Waals surface area contributed by atoms with Crippen LogP contribution in [0.25, 0.3) is 0 Å². The maximum atomic E-state index is 12.9. The van der Waals surface area contributed by atoms with Gasteiger partial charge in [0.2, 0.25) is 0 Å². The van der Waals surface area contributed by atoms with Gasteiger partial charge in [-0.15, -0.1) is 0 Å². The van der Waals surface area contributed by atoms with Crippen LogP contribution in [0.3, 0.4) is 0 Å². The Kier molecular flexibility index (Phi) is 5.15. The number of hydrogen-bond donors (Lipinski definition) is 3. The summed E-state index contributed by atoms with van der Waals surface area (Å²) in [6.45, 7) is 3.51. The fourth-order valence-electron chi connectivity index (χ4n) is 2.32. The minimum absolute atomic E-state index is 0.0206. The first-order chi connectivity index (χ1) is 11.2. The highest BCUT2D eigenvalue weighted by Crippen LogP contribution is 2.30. The maximum Gasteiger partial charge on any atom is 0.320 e. The van der Waals surface area contributed by atoms with Crippen LogP contribution >= 0.6 is 0 Å². The Bertz CT molecular complexity index is 831. The van der Waals surface area contributed by atoms with Gasteiger partial charge >= 0.3 is 5.97 Å². The number of nitrogens with one attached hydrogen (secondary N) is 1. The summed E-state index contributed by atoms with van der Waals surface area (Å²) in [4.78, 5) is 24.6. The number of nitro benzene ring substituents is 1. The number of para-hydroxylation sites is 1. The van der Waals surface area contributed by atoms with E-state index in [1.807, 2.05) is 0 Å². The van der Waals surface area contributed by atoms with Crippen LogP contribution in [0.4, 0.5) is 5.69 Å². The number of H-pyrrole nitrogens is 1. The van der Waals surface area contributed by atoms with Crippen LogP contribution in [0.15, 0.2) is 34.2 Å². The van der Waals surface area contributed by atoms with Crippen LogP contribution in [0.2, 0.25) is 0 Å². The van der Waals surface area contributed by atoms with Crippen molar-refractivity contribution in [1.82, 2.24) is 4.98 Å². The maximum absolute atomic E-state index is 12.9. The smallest absolute Gasteiger partial charge is 0.320 e. The molecule has 0 fully saturated rings. The third-order valence-electron chi connectivity index (χ3n) is 3.78. The predicted octanol–water partition coefficient (Wildman–Crippen LogP) is 1.66. The van der Waals surface area contributed by atoms with Gasteiger partial charge in [0.15, 0.2) is 0 Å². The topological polar surface area (TPSA) is 139 Å². The summed E-state index contributed by atoms with van der Waals surface area (Å²) < 4.78 is 12.9. The molecule has 0 bridgehead atoms. The zero-order valence-electron chi connectivity index (χ0n) is 13.1. The van der Waals surface area contributed by atoms with Gasteiger partial charge in [0.1, 0.15) is 26.8 Å². The predicted molar refractivity (Wildman–Crippen MR) is 87.4 cm³/mol. The second-order valence-electron chi connectivity index (χ2n) is 5.33. The van der Waals surface area contributed by atoms with E-state index in [0.29, 0.717) is 11.3 Å². The summed E-state index contributed by atoms with van der Waals surface area (Å²) in [7, 11) is -1.86. The normalized spacial score (nSPS) is 13.5. The molecule has 2 unspecified atom stereocenters. The summed E-state index contributed by atoms with van der Waals surface area (Å²) >= 11 is 0. The lowest BCUT2D eigenvalue weighted by Crippen LogP contribution is -2.32. The lowest BCUT2D eigenvalue weighted by atomic mass is 10.1. The second-order valence-corrected chi connectivity index (χ2v) is 6.71. The number of rotatable bonds is 6. The minimum Gasteiger partial charge on any atom is -0.480 e. The van der Waals surface area contributed by atoms with Gasteiger partial charge in [0.05, 0.1) is 4.92 Å². The number of aromatic amines is 1. The summed E-state index contributed by atoms with van der Waals surface area (Å²) in [6, 6.07) is 4.59. The van der Waals surface area contributed by atoms with Crippen molar-refractivity contribution in [3.8, 4) is 0 Å². The highest BCUT2D eigenvalue weighted by atomic mass is 32.2. The van der Waals surface area contributed by atoms with Crippen LogP contribution in [-0.4, -0.2) is 31.2 Å². The number of aliphatic carboxylic acids is 1. The first kappa shape index (κ1) is 17.8. The minimum atomic E-state index is -1.86. The van der Waals surface area contributed by atoms with Gasteiger partial charge in [-0.25, -0.2) is 4.21 Å². The standard InChI is InChI=1S/C15H17N3O5S/c1-8-9(2)17-14(10(8)7-11(16)15(19)20)24(23)13-6-4-3-5-12(13)18(21)22/h3-6,11,17H,7,16H2,1-2H3,(H,19,20). The van der Waals surface area contributed by atoms with E-state index < -0.39 is 27.7 Å². The number of aromatic nitrogens is 1. The van der Waals surface area contributed by atoms with Crippen molar-refractivity contribution < 1.29 is 19.0 Å². The van der Waals surface area contributed by atoms with E-state index in [0.717, 1.165) is 5.56 Å². The number of carboxylic acid groups (broad SMARTS) is 1. The molecule has 0 aliphatic heterocycles. The Balaban J connectivity index is 2.53. The number of nitrogens with two attached hydrogens (primary N) is 1. The van der Waals surface area contributed by atoms with Crippen molar-refractivity contribution in [1.29, 1.82) is 0 Å². The molecule has 9 heteroatoms. The highest BCUT2D eigenvalue weighted by Gasteiger charge is 2.26. The van der Waals surface area contributed by atoms with E-state index in [2.05, 4.69) is 4.98 Å². The fourth-order valence-corrected chi connectivity index (χ4v) is 3.78. The molecule has 0 aliphatic rings. The van der Waals surface area contributed by atoms with Gasteiger partial charge in [0, 0.05) is 18.2 Å². The molecule has 0 radical (unpaired) electrons. The molecule has 0 aliphatic carbocycles. The summed E-state index contributed by atoms with van der Waals surface area (Å²) in [6.07, 6.45) is -0.0206. The molecular weight excluding hydrogens is 334 g/mol. The van der Waals surface area contributed by atoms with Crippen molar-refractivity contribution in [2.75, 3.05) is 0 Å². The molecule has 0 saturated carbocycles. The van der Waals surface area contributed by atoms with Crippen LogP contribution in [-0.2, 0) is 22.0 Å². The molecule has 0 amide bonds. The van der Waals surface area contributed by atoms with Crippen LogP contribution < -0.4 is 5.73 Å². The number of nitro groups is 1. The van der Waals surface area contributed by atoms with Gasteiger partial charge in [-0.05, 0) is 31.0 Å². The van der Waals surface area contributed by atoms with E-state index in [1.54, 1.807) is 19.9 Å². The SMILES string of the molecule is Cc1[nH]c(S(=O)c2ccccc2[N+](=O)[O-])c(CC(N)C(=O)O)c1C. The van der Waals surface area contributed by atoms with Crippen molar-refractivity contribution in [2.24, 2.45) is 5.73 Å². The Morgan fingerprint density at radius 2 is 2.04 bits per heavy atom. The van der Waals surface area contributed by atoms with E-state index in [-0.39, 0.29) is 22.0 Å². The first-order valence-corrected chi connectivity index (χ1v) is 8.20. The van der Waals surface area contributed by atoms with Crippen molar-refractivity contribution >= 4 is 22.5 Å². The monoisotopic (exact) mass is 351 g/mol. The molecule has 24 heavy (non-hydrogen) atoms. The van der Waals surface area contributed by atoms with Gasteiger partial charge in [0.25, 0.3) is 5.69 Å². The molecule has 4 N–H and O–H groups in total. The van der Waals surface area contributed by atoms with Gasteiger partial charge in [-0.3, -0.25) is 14.9 Å². The number of carbonyl (C=O) groups is 1. The molecule has 8 nitrogen and oxygen atoms in total. The van der Waals surface area contributed by atoms with Crippen LogP contribution in [0, 0.1) is 24.0 Å². The van der Waals surface area contributed by atoms with Crippen molar-refractivity contribution in [3.63, 3.8) is 0 Å². The number of carboxylic acids is 1. The molecule has 2 aromatic rings. The Morgan fingerprint density at radius 1 is 1.42 bits per heavy atom. The largest absolute Gasteiger partial charge is 0.480 e. The first-order valence-electron chi connectivity index (χ1n) is 7.05. The van der Waals surface area contributed by atoms with Gasteiger partial charge < -0.3 is 15.8 Å². The van der Waals surface area contributed by atoms with E-state index in [9.17, 15) is 19.1 Å². The van der Waals surface area contributed by atoms with E-state index >= 15 is 0 Å². The molecule has 1 heterocycles. The number of benzene rings is 1. The molecule has 2 atom stereocenters. The Labute approximate surface area is 140 Å². The molecule has 2 rings (SSSR count). The lowest BCUT2D eigenvalue weighted by molar-refractivity contribution is -0.387. The fraction of sp³-hybridized carbons (Fsp3) is 0.267. The number of hydrogen-bond acceptors (Lipinski definition) is 5. The average molecular weight is 351 g/mol. The lowest BCUT2D eigenvalue weighted by Gasteiger charge is -2.09. The summed E-state index contributed by atoms with van der Waals surface area (Å²) in [5.74, 6) is -1.17. The van der Waals surface area contributed by atoms with Crippen LogP contribution in [0.1, 0.15) is 16.8 Å². The second kappa shape index (κ2) is 6.93. The molecule has 1 aromatic carbocycles. The zero-order valence-corrected chi connectivity index (χ0v) is 13.9. The number of aryl methyl sites for hydroxylation is 1. The quantitative estimate of drug-likeness (QED) is 0.534. The van der Waals surface area contributed by atoms with E-state index in [1.165, 1.54) is 18.2 Å². The molecular formula is C15H17N3O5S. The van der Waals surface area contributed by atoms with Crippen molar-refractivity contribution in [3.05, 3.63) is 51.2 Å². The number of nitrogens with zero attached hydrogens (tertiary/aromatic N) is 1. The Hall–Kier alpha value is -2.52. The average Bonchev–Trinajstić information content (AvgIpc) is 2.82. The Morgan fingerprint density at radius 3 is 2.62 bits per heavy atom. The third kappa shape index (κ3) is 3.36. The van der Waals surface area contributed by atoms with Gasteiger partial charge in [-0.2, -0.15) is 0 Å². The summed E-state index contributed by atoms with van der Waals surface area (Å²) in [5, 5.41) is 20.4. The summed E-state index contributed by atoms with van der Waals surface area (Å²) in [5.41, 5.74) is 7.31. The zero-order chi connectivity index (χ0) is 18.0. The molecule has 128 valence electrons.